The van der Waals surface area contributed by atoms with Gasteiger partial charge in [-0.1, -0.05) is 0 Å². The first-order valence-corrected chi connectivity index (χ1v) is 5.14. The Kier molecular flexibility index (Phi) is 2.28. The van der Waals surface area contributed by atoms with Crippen LogP contribution in [-0.2, 0) is 4.79 Å². The molecule has 3 heteroatoms. The van der Waals surface area contributed by atoms with Crippen molar-refractivity contribution in [2.75, 3.05) is 26.7 Å². The molecule has 0 spiro atoms. The summed E-state index contributed by atoms with van der Waals surface area (Å²) in [5, 5.41) is 0. The number of carbonyl (C=O) groups is 1. The molecule has 0 aromatic carbocycles. The Morgan fingerprint density at radius 2 is 2.15 bits per heavy atom. The molecule has 13 heavy (non-hydrogen) atoms. The first-order chi connectivity index (χ1) is 6.18. The van der Waals surface area contributed by atoms with E-state index in [1.54, 1.807) is 6.92 Å². The molecule has 0 aliphatic carbocycles. The van der Waals surface area contributed by atoms with E-state index in [1.807, 2.05) is 0 Å². The van der Waals surface area contributed by atoms with Crippen LogP contribution in [0.2, 0.25) is 0 Å². The highest BCUT2D eigenvalue weighted by Gasteiger charge is 2.38. The van der Waals surface area contributed by atoms with Crippen molar-refractivity contribution in [1.82, 2.24) is 9.80 Å². The Hall–Kier alpha value is -0.570. The van der Waals surface area contributed by atoms with Crippen LogP contribution in [0.5, 0.6) is 0 Å². The normalized spacial score (nSPS) is 34.8. The van der Waals surface area contributed by atoms with Gasteiger partial charge in [0, 0.05) is 32.6 Å². The number of fused-ring (bicyclic) bond motifs is 1. The largest absolute Gasteiger partial charge is 0.338 e. The lowest BCUT2D eigenvalue weighted by atomic mass is 9.92. The molecule has 74 valence electrons. The molecule has 0 saturated carbocycles. The number of likely N-dealkylation sites (tertiary alicyclic amines) is 2. The van der Waals surface area contributed by atoms with Crippen molar-refractivity contribution in [2.24, 2.45) is 5.92 Å². The first-order valence-electron chi connectivity index (χ1n) is 5.14. The molecular weight excluding hydrogens is 164 g/mol. The molecule has 2 saturated heterocycles. The second-order valence-electron chi connectivity index (χ2n) is 4.40. The minimum Gasteiger partial charge on any atom is -0.338 e. The Morgan fingerprint density at radius 1 is 1.38 bits per heavy atom. The van der Waals surface area contributed by atoms with Gasteiger partial charge >= 0.3 is 0 Å². The van der Waals surface area contributed by atoms with Crippen molar-refractivity contribution in [3.05, 3.63) is 0 Å². The number of piperidine rings is 1. The molecule has 2 atom stereocenters. The Bertz CT molecular complexity index is 217. The average molecular weight is 182 g/mol. The van der Waals surface area contributed by atoms with E-state index in [0.29, 0.717) is 6.04 Å². The number of rotatable bonds is 0. The monoisotopic (exact) mass is 182 g/mol. The van der Waals surface area contributed by atoms with Gasteiger partial charge in [0.25, 0.3) is 0 Å². The minimum atomic E-state index is 0.255. The van der Waals surface area contributed by atoms with Gasteiger partial charge in [0.1, 0.15) is 0 Å². The summed E-state index contributed by atoms with van der Waals surface area (Å²) in [7, 11) is 2.15. The molecule has 0 unspecified atom stereocenters. The molecule has 2 aliphatic rings. The molecule has 0 aromatic heterocycles. The van der Waals surface area contributed by atoms with Gasteiger partial charge in [-0.15, -0.1) is 0 Å². The van der Waals surface area contributed by atoms with E-state index < -0.39 is 0 Å². The summed E-state index contributed by atoms with van der Waals surface area (Å²) in [5.74, 6) is 0.993. The van der Waals surface area contributed by atoms with Gasteiger partial charge in [-0.25, -0.2) is 0 Å². The maximum Gasteiger partial charge on any atom is 0.219 e. The topological polar surface area (TPSA) is 23.6 Å². The summed E-state index contributed by atoms with van der Waals surface area (Å²) in [6, 6.07) is 0.510. The molecule has 2 fully saturated rings. The van der Waals surface area contributed by atoms with Crippen molar-refractivity contribution < 1.29 is 4.79 Å². The van der Waals surface area contributed by atoms with Crippen molar-refractivity contribution in [3.8, 4) is 0 Å². The molecule has 2 rings (SSSR count). The van der Waals surface area contributed by atoms with Crippen molar-refractivity contribution in [1.29, 1.82) is 0 Å². The zero-order valence-corrected chi connectivity index (χ0v) is 8.49. The smallest absolute Gasteiger partial charge is 0.219 e. The lowest BCUT2D eigenvalue weighted by Crippen LogP contribution is -2.47. The van der Waals surface area contributed by atoms with Crippen molar-refractivity contribution in [3.63, 3.8) is 0 Å². The minimum absolute atomic E-state index is 0.255. The van der Waals surface area contributed by atoms with E-state index >= 15 is 0 Å². The van der Waals surface area contributed by atoms with E-state index in [-0.39, 0.29) is 5.91 Å². The van der Waals surface area contributed by atoms with Crippen molar-refractivity contribution in [2.45, 2.75) is 25.8 Å². The number of carbonyl (C=O) groups excluding carboxylic acids is 1. The molecule has 2 aliphatic heterocycles. The van der Waals surface area contributed by atoms with Crippen LogP contribution in [0.15, 0.2) is 0 Å². The molecule has 0 bridgehead atoms. The van der Waals surface area contributed by atoms with Gasteiger partial charge < -0.3 is 9.80 Å². The van der Waals surface area contributed by atoms with Gasteiger partial charge in [0.05, 0.1) is 0 Å². The molecule has 1 amide bonds. The Morgan fingerprint density at radius 3 is 2.85 bits per heavy atom. The number of hydrogen-bond donors (Lipinski definition) is 0. The maximum atomic E-state index is 11.4. The van der Waals surface area contributed by atoms with Gasteiger partial charge in [-0.3, -0.25) is 4.79 Å². The quantitative estimate of drug-likeness (QED) is 0.546. The summed E-state index contributed by atoms with van der Waals surface area (Å²) in [6.07, 6.45) is 2.49. The van der Waals surface area contributed by atoms with Crippen molar-refractivity contribution >= 4 is 5.91 Å². The number of likely N-dealkylation sites (N-methyl/N-ethyl adjacent to an activating group) is 1. The second kappa shape index (κ2) is 3.29. The van der Waals surface area contributed by atoms with Gasteiger partial charge in [-0.05, 0) is 25.8 Å². The first kappa shape index (κ1) is 9.00. The number of nitrogens with zero attached hydrogens (tertiary/aromatic N) is 2. The van der Waals surface area contributed by atoms with Crippen LogP contribution in [0.3, 0.4) is 0 Å². The fourth-order valence-corrected chi connectivity index (χ4v) is 2.78. The predicted molar refractivity (Wildman–Crippen MR) is 51.4 cm³/mol. The fourth-order valence-electron chi connectivity index (χ4n) is 2.78. The number of hydrogen-bond acceptors (Lipinski definition) is 2. The third-order valence-corrected chi connectivity index (χ3v) is 3.37. The number of amides is 1. The molecule has 0 radical (unpaired) electrons. The predicted octanol–water partition coefficient (Wildman–Crippen LogP) is 0.559. The van der Waals surface area contributed by atoms with E-state index in [4.69, 9.17) is 0 Å². The third kappa shape index (κ3) is 1.57. The van der Waals surface area contributed by atoms with E-state index in [9.17, 15) is 4.79 Å². The third-order valence-electron chi connectivity index (χ3n) is 3.37. The lowest BCUT2D eigenvalue weighted by Gasteiger charge is -2.36. The highest BCUT2D eigenvalue weighted by Crippen LogP contribution is 2.29. The standard InChI is InChI=1S/C10H18N2O/c1-8(13)12-5-3-4-9-6-11(2)7-10(9)12/h9-10H,3-7H2,1-2H3/t9-,10+/m0/s1. The molecular formula is C10H18N2O. The SMILES string of the molecule is CC(=O)N1CCC[C@H]2CN(C)C[C@H]21. The van der Waals surface area contributed by atoms with E-state index in [0.717, 1.165) is 19.0 Å². The Labute approximate surface area is 79.7 Å². The zero-order valence-electron chi connectivity index (χ0n) is 8.49. The van der Waals surface area contributed by atoms with Gasteiger partial charge in [0.2, 0.25) is 5.91 Å². The van der Waals surface area contributed by atoms with Crippen LogP contribution in [0.25, 0.3) is 0 Å². The summed E-state index contributed by atoms with van der Waals surface area (Å²) >= 11 is 0. The summed E-state index contributed by atoms with van der Waals surface area (Å²) in [4.78, 5) is 15.8. The van der Waals surface area contributed by atoms with Gasteiger partial charge in [0.15, 0.2) is 0 Å². The van der Waals surface area contributed by atoms with Gasteiger partial charge in [-0.2, -0.15) is 0 Å². The van der Waals surface area contributed by atoms with Crippen LogP contribution < -0.4 is 0 Å². The van der Waals surface area contributed by atoms with E-state index in [1.165, 1.54) is 19.4 Å². The van der Waals surface area contributed by atoms with Crippen LogP contribution in [0.4, 0.5) is 0 Å². The van der Waals surface area contributed by atoms with Crippen LogP contribution in [0.1, 0.15) is 19.8 Å². The molecule has 0 N–H and O–H groups in total. The fraction of sp³-hybridized carbons (Fsp3) is 0.900. The molecule has 0 aromatic rings. The summed E-state index contributed by atoms with van der Waals surface area (Å²) in [5.41, 5.74) is 0. The zero-order chi connectivity index (χ0) is 9.42. The highest BCUT2D eigenvalue weighted by atomic mass is 16.2. The molecule has 2 heterocycles. The average Bonchev–Trinajstić information content (AvgIpc) is 2.43. The van der Waals surface area contributed by atoms with E-state index in [2.05, 4.69) is 16.8 Å². The van der Waals surface area contributed by atoms with Crippen LogP contribution >= 0.6 is 0 Å². The highest BCUT2D eigenvalue weighted by molar-refractivity contribution is 5.73. The summed E-state index contributed by atoms with van der Waals surface area (Å²) < 4.78 is 0. The Balaban J connectivity index is 2.09. The molecule has 3 nitrogen and oxygen atoms in total. The summed E-state index contributed by atoms with van der Waals surface area (Å²) in [6.45, 7) is 4.92. The van der Waals surface area contributed by atoms with Crippen LogP contribution in [0, 0.1) is 5.92 Å². The lowest BCUT2D eigenvalue weighted by molar-refractivity contribution is -0.133. The van der Waals surface area contributed by atoms with Crippen LogP contribution in [-0.4, -0.2) is 48.4 Å². The maximum absolute atomic E-state index is 11.4. The second-order valence-corrected chi connectivity index (χ2v) is 4.40.